The summed E-state index contributed by atoms with van der Waals surface area (Å²) in [4.78, 5) is 1.71. The Morgan fingerprint density at radius 2 is 1.84 bits per heavy atom. The van der Waals surface area contributed by atoms with Gasteiger partial charge in [0.1, 0.15) is 6.17 Å². The van der Waals surface area contributed by atoms with Gasteiger partial charge in [-0.1, -0.05) is 48.5 Å². The smallest absolute Gasteiger partial charge is 0.179 e. The molecule has 0 bridgehead atoms. The fourth-order valence-corrected chi connectivity index (χ4v) is 3.91. The zero-order chi connectivity index (χ0) is 17.2. The Balaban J connectivity index is 1.52. The van der Waals surface area contributed by atoms with E-state index < -0.39 is 6.17 Å². The van der Waals surface area contributed by atoms with Crippen molar-refractivity contribution in [3.05, 3.63) is 60.2 Å². The minimum Gasteiger partial charge on any atom is -0.310 e. The van der Waals surface area contributed by atoms with E-state index in [-0.39, 0.29) is 18.0 Å². The molecule has 4 nitrogen and oxygen atoms in total. The molecule has 2 heterocycles. The van der Waals surface area contributed by atoms with Crippen molar-refractivity contribution in [3.63, 3.8) is 0 Å². The molecule has 0 spiro atoms. The third kappa shape index (κ3) is 3.11. The molecule has 2 aromatic carbocycles. The summed E-state index contributed by atoms with van der Waals surface area (Å²) in [5.41, 5.74) is 9.44. The van der Waals surface area contributed by atoms with E-state index in [0.29, 0.717) is 6.54 Å². The van der Waals surface area contributed by atoms with Gasteiger partial charge in [0, 0.05) is 13.1 Å². The Kier molecular flexibility index (Phi) is 4.39. The number of benzene rings is 2. The second-order valence-corrected chi connectivity index (χ2v) is 6.82. The van der Waals surface area contributed by atoms with E-state index in [1.807, 2.05) is 36.4 Å². The third-order valence-electron chi connectivity index (χ3n) is 5.29. The maximum Gasteiger partial charge on any atom is 0.179 e. The second-order valence-electron chi connectivity index (χ2n) is 6.82. The molecule has 2 aromatic rings. The topological polar surface area (TPSA) is 51.1 Å². The lowest BCUT2D eigenvalue weighted by Gasteiger charge is -2.21. The van der Waals surface area contributed by atoms with Crippen molar-refractivity contribution in [3.8, 4) is 17.3 Å². The molecule has 4 rings (SSSR count). The van der Waals surface area contributed by atoms with Gasteiger partial charge in [-0.25, -0.2) is 9.82 Å². The summed E-state index contributed by atoms with van der Waals surface area (Å²) in [6, 6.07) is 17.5. The second kappa shape index (κ2) is 6.83. The molecule has 0 aliphatic carbocycles. The number of alkyl halides is 1. The van der Waals surface area contributed by atoms with Gasteiger partial charge in [0.25, 0.3) is 0 Å². The van der Waals surface area contributed by atoms with E-state index in [1.165, 1.54) is 0 Å². The Morgan fingerprint density at radius 3 is 2.60 bits per heavy atom. The third-order valence-corrected chi connectivity index (χ3v) is 5.29. The number of halogens is 1. The van der Waals surface area contributed by atoms with E-state index >= 15 is 4.39 Å². The van der Waals surface area contributed by atoms with Crippen LogP contribution in [0.3, 0.4) is 0 Å². The van der Waals surface area contributed by atoms with Crippen LogP contribution in [0.15, 0.2) is 54.6 Å². The van der Waals surface area contributed by atoms with Crippen molar-refractivity contribution in [1.29, 1.82) is 5.26 Å². The van der Waals surface area contributed by atoms with Crippen LogP contribution in [0, 0.1) is 17.4 Å². The van der Waals surface area contributed by atoms with Crippen LogP contribution in [0.25, 0.3) is 11.1 Å². The molecule has 4 unspecified atom stereocenters. The standard InChI is InChI=1S/C20H21FN4/c21-18-19(23-24-20(18)17-9-10-25(12-17)13-22)16-8-4-7-15(11-16)14-5-2-1-3-6-14/h1-8,11,17-20,23-24H,9-10,12H2. The fourth-order valence-electron chi connectivity index (χ4n) is 3.91. The Morgan fingerprint density at radius 1 is 1.04 bits per heavy atom. The SMILES string of the molecule is N#CN1CCC(C2NNC(c3cccc(-c4ccccc4)c3)C2F)C1. The average molecular weight is 336 g/mol. The summed E-state index contributed by atoms with van der Waals surface area (Å²) in [5, 5.41) is 9.01. The summed E-state index contributed by atoms with van der Waals surface area (Å²) in [7, 11) is 0. The van der Waals surface area contributed by atoms with Crippen LogP contribution >= 0.6 is 0 Å². The summed E-state index contributed by atoms with van der Waals surface area (Å²) in [5.74, 6) is 0.157. The van der Waals surface area contributed by atoms with Gasteiger partial charge in [0.05, 0.1) is 12.1 Å². The lowest BCUT2D eigenvalue weighted by atomic mass is 9.90. The Hall–Kier alpha value is -2.42. The van der Waals surface area contributed by atoms with Crippen molar-refractivity contribution in [2.24, 2.45) is 5.92 Å². The van der Waals surface area contributed by atoms with Gasteiger partial charge in [-0.15, -0.1) is 0 Å². The Labute approximate surface area is 147 Å². The predicted molar refractivity (Wildman–Crippen MR) is 94.9 cm³/mol. The Bertz CT molecular complexity index is 773. The molecular weight excluding hydrogens is 315 g/mol. The van der Waals surface area contributed by atoms with Gasteiger partial charge in [0.15, 0.2) is 6.19 Å². The van der Waals surface area contributed by atoms with Crippen LogP contribution in [-0.4, -0.2) is 30.2 Å². The molecule has 2 aliphatic rings. The van der Waals surface area contributed by atoms with Crippen LogP contribution in [-0.2, 0) is 0 Å². The van der Waals surface area contributed by atoms with Gasteiger partial charge in [-0.2, -0.15) is 5.26 Å². The molecule has 0 amide bonds. The highest BCUT2D eigenvalue weighted by Gasteiger charge is 2.43. The minimum absolute atomic E-state index is 0.157. The van der Waals surface area contributed by atoms with Gasteiger partial charge < -0.3 is 4.90 Å². The summed E-state index contributed by atoms with van der Waals surface area (Å²) >= 11 is 0. The highest BCUT2D eigenvalue weighted by atomic mass is 19.1. The number of nitrogens with one attached hydrogen (secondary N) is 2. The number of rotatable bonds is 3. The summed E-state index contributed by atoms with van der Waals surface area (Å²) in [6.07, 6.45) is 2.00. The zero-order valence-electron chi connectivity index (χ0n) is 13.9. The van der Waals surface area contributed by atoms with E-state index in [0.717, 1.165) is 29.7 Å². The van der Waals surface area contributed by atoms with Crippen LogP contribution in [0.2, 0.25) is 0 Å². The van der Waals surface area contributed by atoms with Crippen LogP contribution in [0.1, 0.15) is 18.0 Å². The molecule has 2 N–H and O–H groups in total. The van der Waals surface area contributed by atoms with E-state index in [4.69, 9.17) is 5.26 Å². The van der Waals surface area contributed by atoms with Crippen molar-refractivity contribution in [1.82, 2.24) is 15.8 Å². The molecule has 25 heavy (non-hydrogen) atoms. The van der Waals surface area contributed by atoms with Crippen LogP contribution in [0.5, 0.6) is 0 Å². The molecular formula is C20H21FN4. The largest absolute Gasteiger partial charge is 0.310 e. The normalized spacial score (nSPS) is 28.9. The molecule has 2 aliphatic heterocycles. The van der Waals surface area contributed by atoms with Crippen LogP contribution in [0.4, 0.5) is 4.39 Å². The van der Waals surface area contributed by atoms with Gasteiger partial charge >= 0.3 is 0 Å². The van der Waals surface area contributed by atoms with Crippen LogP contribution < -0.4 is 10.9 Å². The maximum atomic E-state index is 15.1. The molecule has 0 aromatic heterocycles. The van der Waals surface area contributed by atoms with Crippen molar-refractivity contribution < 1.29 is 4.39 Å². The maximum absolute atomic E-state index is 15.1. The number of hydrazine groups is 1. The zero-order valence-corrected chi connectivity index (χ0v) is 13.9. The first-order chi connectivity index (χ1) is 12.3. The number of hydrogen-bond donors (Lipinski definition) is 2. The number of likely N-dealkylation sites (tertiary alicyclic amines) is 1. The van der Waals surface area contributed by atoms with E-state index in [9.17, 15) is 0 Å². The lowest BCUT2D eigenvalue weighted by molar-refractivity contribution is 0.228. The first-order valence-corrected chi connectivity index (χ1v) is 8.71. The van der Waals surface area contributed by atoms with E-state index in [2.05, 4.69) is 35.2 Å². The van der Waals surface area contributed by atoms with Crippen molar-refractivity contribution >= 4 is 0 Å². The minimum atomic E-state index is -1.02. The van der Waals surface area contributed by atoms with Gasteiger partial charge in [-0.3, -0.25) is 5.43 Å². The summed E-state index contributed by atoms with van der Waals surface area (Å²) in [6.45, 7) is 1.35. The number of hydrogen-bond acceptors (Lipinski definition) is 4. The highest BCUT2D eigenvalue weighted by molar-refractivity contribution is 5.64. The predicted octanol–water partition coefficient (Wildman–Crippen LogP) is 3.01. The number of nitriles is 1. The van der Waals surface area contributed by atoms with E-state index in [1.54, 1.807) is 4.90 Å². The van der Waals surface area contributed by atoms with Crippen molar-refractivity contribution in [2.75, 3.05) is 13.1 Å². The quantitative estimate of drug-likeness (QED) is 0.846. The first-order valence-electron chi connectivity index (χ1n) is 8.71. The molecule has 0 saturated carbocycles. The molecule has 4 atom stereocenters. The molecule has 2 fully saturated rings. The van der Waals surface area contributed by atoms with Gasteiger partial charge in [-0.05, 0) is 35.1 Å². The lowest BCUT2D eigenvalue weighted by Crippen LogP contribution is -2.39. The fraction of sp³-hybridized carbons (Fsp3) is 0.350. The molecule has 0 radical (unpaired) electrons. The monoisotopic (exact) mass is 336 g/mol. The molecule has 128 valence electrons. The number of nitrogens with zero attached hydrogens (tertiary/aromatic N) is 2. The highest BCUT2D eigenvalue weighted by Crippen LogP contribution is 2.33. The van der Waals surface area contributed by atoms with Gasteiger partial charge in [0.2, 0.25) is 0 Å². The molecule has 5 heteroatoms. The first kappa shape index (κ1) is 16.1. The van der Waals surface area contributed by atoms with Crippen molar-refractivity contribution in [2.45, 2.75) is 24.7 Å². The summed E-state index contributed by atoms with van der Waals surface area (Å²) < 4.78 is 15.1. The average Bonchev–Trinajstić information content (AvgIpc) is 3.29. The molecule has 2 saturated heterocycles.